The number of amides is 1. The summed E-state index contributed by atoms with van der Waals surface area (Å²) in [4.78, 5) is 19.5. The summed E-state index contributed by atoms with van der Waals surface area (Å²) in [6.45, 7) is 0.620. The molecule has 2 aromatic rings. The minimum atomic E-state index is -0.284. The molecule has 1 aromatic heterocycles. The summed E-state index contributed by atoms with van der Waals surface area (Å²) in [6.07, 6.45) is 2.23. The van der Waals surface area contributed by atoms with Crippen LogP contribution in [0.25, 0.3) is 0 Å². The number of carbonyl (C=O) groups excluding carboxylic acids is 1. The minimum Gasteiger partial charge on any atom is -0.347 e. The third-order valence-electron chi connectivity index (χ3n) is 3.24. The van der Waals surface area contributed by atoms with Crippen LogP contribution in [0.1, 0.15) is 11.4 Å². The lowest BCUT2D eigenvalue weighted by molar-refractivity contribution is -0.118. The number of benzene rings is 1. The Balaban J connectivity index is 1.71. The lowest BCUT2D eigenvalue weighted by Gasteiger charge is -2.22. The fourth-order valence-corrected chi connectivity index (χ4v) is 2.95. The van der Waals surface area contributed by atoms with Crippen LogP contribution in [0.3, 0.4) is 0 Å². The van der Waals surface area contributed by atoms with Crippen LogP contribution in [0.2, 0.25) is 5.02 Å². The van der Waals surface area contributed by atoms with Gasteiger partial charge >= 0.3 is 0 Å². The van der Waals surface area contributed by atoms with Crippen molar-refractivity contribution in [3.05, 3.63) is 45.4 Å². The van der Waals surface area contributed by atoms with Crippen molar-refractivity contribution in [1.82, 2.24) is 15.3 Å². The molecule has 3 N–H and O–H groups in total. The maximum atomic E-state index is 12.3. The van der Waals surface area contributed by atoms with Crippen LogP contribution >= 0.6 is 27.5 Å². The quantitative estimate of drug-likeness (QED) is 0.775. The van der Waals surface area contributed by atoms with E-state index in [1.165, 1.54) is 0 Å². The highest BCUT2D eigenvalue weighted by Crippen LogP contribution is 2.26. The van der Waals surface area contributed by atoms with Crippen molar-refractivity contribution in [3.63, 3.8) is 0 Å². The molecule has 1 aliphatic rings. The van der Waals surface area contributed by atoms with E-state index in [2.05, 4.69) is 36.5 Å². The Kier molecular flexibility index (Phi) is 3.78. The Labute approximate surface area is 129 Å². The Morgan fingerprint density at radius 3 is 3.15 bits per heavy atom. The van der Waals surface area contributed by atoms with E-state index in [0.717, 1.165) is 15.9 Å². The normalized spacial score (nSPS) is 17.6. The van der Waals surface area contributed by atoms with Crippen molar-refractivity contribution in [3.8, 4) is 0 Å². The summed E-state index contributed by atoms with van der Waals surface area (Å²) < 4.78 is 0.759. The topological polar surface area (TPSA) is 69.8 Å². The summed E-state index contributed by atoms with van der Waals surface area (Å²) in [5.41, 5.74) is 2.69. The number of fused-ring (bicyclic) bond motifs is 1. The average molecular weight is 356 g/mol. The third-order valence-corrected chi connectivity index (χ3v) is 4.13. The number of aromatic amines is 1. The monoisotopic (exact) mass is 354 g/mol. The third kappa shape index (κ3) is 2.72. The van der Waals surface area contributed by atoms with Crippen molar-refractivity contribution in [2.75, 3.05) is 5.32 Å². The molecule has 0 spiro atoms. The number of hydrogen-bond donors (Lipinski definition) is 3. The average Bonchev–Trinajstić information content (AvgIpc) is 2.89. The van der Waals surface area contributed by atoms with Gasteiger partial charge in [-0.3, -0.25) is 10.1 Å². The van der Waals surface area contributed by atoms with Crippen LogP contribution in [-0.2, 0) is 17.8 Å². The first kappa shape index (κ1) is 13.6. The number of hydrogen-bond acceptors (Lipinski definition) is 3. The van der Waals surface area contributed by atoms with Crippen molar-refractivity contribution in [2.24, 2.45) is 0 Å². The van der Waals surface area contributed by atoms with Crippen LogP contribution in [-0.4, -0.2) is 21.9 Å². The maximum Gasteiger partial charge on any atom is 0.241 e. The Morgan fingerprint density at radius 1 is 1.50 bits per heavy atom. The first-order valence-corrected chi connectivity index (χ1v) is 7.31. The Bertz CT molecular complexity index is 658. The second-order valence-electron chi connectivity index (χ2n) is 4.58. The molecule has 0 radical (unpaired) electrons. The summed E-state index contributed by atoms with van der Waals surface area (Å²) in [5.74, 6) is -0.0818. The molecule has 0 saturated carbocycles. The molecule has 0 fully saturated rings. The number of anilines is 1. The standard InChI is InChI=1S/C13H12BrClN4O/c14-8-3-7(15)1-2-9(8)19-13(20)11-4-10-12(5-16-11)18-6-17-10/h1-3,6,11,16H,4-5H2,(H,17,18)(H,19,20). The van der Waals surface area contributed by atoms with E-state index in [4.69, 9.17) is 11.6 Å². The van der Waals surface area contributed by atoms with Gasteiger partial charge in [0, 0.05) is 22.5 Å². The second kappa shape index (κ2) is 5.55. The van der Waals surface area contributed by atoms with Gasteiger partial charge in [0.15, 0.2) is 0 Å². The molecule has 0 bridgehead atoms. The van der Waals surface area contributed by atoms with Gasteiger partial charge < -0.3 is 10.3 Å². The number of nitrogens with one attached hydrogen (secondary N) is 3. The van der Waals surface area contributed by atoms with Crippen LogP contribution in [0.5, 0.6) is 0 Å². The molecule has 7 heteroatoms. The molecule has 1 atom stereocenters. The summed E-state index contributed by atoms with van der Waals surface area (Å²) >= 11 is 9.26. The van der Waals surface area contributed by atoms with Gasteiger partial charge in [0.2, 0.25) is 5.91 Å². The largest absolute Gasteiger partial charge is 0.347 e. The number of aromatic nitrogens is 2. The fraction of sp³-hybridized carbons (Fsp3) is 0.231. The van der Waals surface area contributed by atoms with E-state index in [0.29, 0.717) is 23.7 Å². The second-order valence-corrected chi connectivity index (χ2v) is 5.87. The van der Waals surface area contributed by atoms with Gasteiger partial charge in [-0.15, -0.1) is 0 Å². The van der Waals surface area contributed by atoms with Gasteiger partial charge in [-0.2, -0.15) is 0 Å². The van der Waals surface area contributed by atoms with E-state index in [9.17, 15) is 4.79 Å². The highest BCUT2D eigenvalue weighted by atomic mass is 79.9. The summed E-state index contributed by atoms with van der Waals surface area (Å²) in [6, 6.07) is 4.97. The van der Waals surface area contributed by atoms with Gasteiger partial charge in [0.25, 0.3) is 0 Å². The number of H-pyrrole nitrogens is 1. The Morgan fingerprint density at radius 2 is 2.35 bits per heavy atom. The summed E-state index contributed by atoms with van der Waals surface area (Å²) in [5, 5.41) is 6.69. The predicted octanol–water partition coefficient (Wildman–Crippen LogP) is 2.48. The molecule has 1 aromatic carbocycles. The van der Waals surface area contributed by atoms with E-state index >= 15 is 0 Å². The van der Waals surface area contributed by atoms with Gasteiger partial charge in [-0.1, -0.05) is 11.6 Å². The predicted molar refractivity (Wildman–Crippen MR) is 80.7 cm³/mol. The molecule has 1 amide bonds. The molecular weight excluding hydrogens is 344 g/mol. The minimum absolute atomic E-state index is 0.0818. The highest BCUT2D eigenvalue weighted by molar-refractivity contribution is 9.10. The van der Waals surface area contributed by atoms with Crippen LogP contribution < -0.4 is 10.6 Å². The maximum absolute atomic E-state index is 12.3. The van der Waals surface area contributed by atoms with Crippen LogP contribution in [0.15, 0.2) is 29.0 Å². The van der Waals surface area contributed by atoms with Gasteiger partial charge in [-0.05, 0) is 34.1 Å². The van der Waals surface area contributed by atoms with E-state index in [1.807, 2.05) is 0 Å². The van der Waals surface area contributed by atoms with Crippen LogP contribution in [0.4, 0.5) is 5.69 Å². The fourth-order valence-electron chi connectivity index (χ4n) is 2.17. The van der Waals surface area contributed by atoms with E-state index < -0.39 is 0 Å². The molecule has 104 valence electrons. The highest BCUT2D eigenvalue weighted by Gasteiger charge is 2.26. The molecule has 0 aliphatic carbocycles. The van der Waals surface area contributed by atoms with Crippen molar-refractivity contribution in [1.29, 1.82) is 0 Å². The smallest absolute Gasteiger partial charge is 0.241 e. The number of carbonyl (C=O) groups is 1. The van der Waals surface area contributed by atoms with Crippen molar-refractivity contribution >= 4 is 39.1 Å². The molecule has 2 heterocycles. The van der Waals surface area contributed by atoms with Gasteiger partial charge in [0.1, 0.15) is 0 Å². The number of imidazole rings is 1. The lowest BCUT2D eigenvalue weighted by atomic mass is 10.0. The lowest BCUT2D eigenvalue weighted by Crippen LogP contribution is -2.44. The molecule has 0 saturated heterocycles. The first-order chi connectivity index (χ1) is 9.63. The number of nitrogens with zero attached hydrogens (tertiary/aromatic N) is 1. The summed E-state index contributed by atoms with van der Waals surface area (Å²) in [7, 11) is 0. The van der Waals surface area contributed by atoms with Gasteiger partial charge in [-0.25, -0.2) is 4.98 Å². The zero-order valence-electron chi connectivity index (χ0n) is 10.4. The molecule has 3 rings (SSSR count). The molecule has 20 heavy (non-hydrogen) atoms. The SMILES string of the molecule is O=C(Nc1ccc(Cl)cc1Br)C1Cc2nc[nH]c2CN1. The van der Waals surface area contributed by atoms with Crippen LogP contribution in [0, 0.1) is 0 Å². The van der Waals surface area contributed by atoms with Crippen molar-refractivity contribution in [2.45, 2.75) is 19.0 Å². The first-order valence-electron chi connectivity index (χ1n) is 6.14. The van der Waals surface area contributed by atoms with E-state index in [1.54, 1.807) is 24.5 Å². The molecule has 1 unspecified atom stereocenters. The zero-order valence-corrected chi connectivity index (χ0v) is 12.8. The number of rotatable bonds is 2. The Hall–Kier alpha value is -1.37. The molecular formula is C13H12BrClN4O. The molecule has 1 aliphatic heterocycles. The molecule has 5 nitrogen and oxygen atoms in total. The number of halogens is 2. The van der Waals surface area contributed by atoms with Crippen molar-refractivity contribution < 1.29 is 4.79 Å². The van der Waals surface area contributed by atoms with Gasteiger partial charge in [0.05, 0.1) is 29.4 Å². The zero-order chi connectivity index (χ0) is 14.1. The van der Waals surface area contributed by atoms with E-state index in [-0.39, 0.29) is 11.9 Å².